The Bertz CT molecular complexity index is 1110. The summed E-state index contributed by atoms with van der Waals surface area (Å²) < 4.78 is 35.3. The second-order valence-corrected chi connectivity index (χ2v) is 8.70. The van der Waals surface area contributed by atoms with Crippen LogP contribution >= 0.6 is 0 Å². The zero-order valence-corrected chi connectivity index (χ0v) is 18.9. The van der Waals surface area contributed by atoms with Crippen molar-refractivity contribution >= 4 is 11.7 Å². The van der Waals surface area contributed by atoms with Crippen molar-refractivity contribution in [1.29, 1.82) is 0 Å². The zero-order valence-electron chi connectivity index (χ0n) is 18.9. The number of pyridine rings is 1. The van der Waals surface area contributed by atoms with Gasteiger partial charge in [-0.2, -0.15) is 0 Å². The van der Waals surface area contributed by atoms with E-state index < -0.39 is 35.8 Å². The number of hydrogen-bond acceptors (Lipinski definition) is 7. The molecule has 1 amide bonds. The predicted octanol–water partition coefficient (Wildman–Crippen LogP) is 0.742. The molecule has 12 heteroatoms. The van der Waals surface area contributed by atoms with Crippen LogP contribution in [0, 0.1) is 0 Å². The number of morpholine rings is 1. The highest BCUT2D eigenvalue weighted by Gasteiger charge is 2.46. The van der Waals surface area contributed by atoms with Crippen LogP contribution in [0.3, 0.4) is 0 Å². The third kappa shape index (κ3) is 5.57. The molecule has 2 atom stereocenters. The number of anilines is 1. The number of rotatable bonds is 6. The average Bonchev–Trinajstić information content (AvgIpc) is 2.82. The third-order valence-corrected chi connectivity index (χ3v) is 6.41. The fourth-order valence-electron chi connectivity index (χ4n) is 4.30. The molecule has 0 aliphatic carbocycles. The fraction of sp³-hybridized carbons (Fsp3) is 0.545. The smallest absolute Gasteiger partial charge is 0.266 e. The minimum atomic E-state index is -2.98. The highest BCUT2D eigenvalue weighted by molar-refractivity contribution is 5.93. The number of piperidine rings is 1. The van der Waals surface area contributed by atoms with Gasteiger partial charge >= 0.3 is 0 Å². The summed E-state index contributed by atoms with van der Waals surface area (Å²) in [5.41, 5.74) is 0.0724. The van der Waals surface area contributed by atoms with Crippen molar-refractivity contribution in [1.82, 2.24) is 24.8 Å². The molecular formula is C22H28F2N6O4. The number of hydrogen-bond donors (Lipinski definition) is 3. The summed E-state index contributed by atoms with van der Waals surface area (Å²) in [7, 11) is 0. The summed E-state index contributed by atoms with van der Waals surface area (Å²) in [6.07, 6.45) is 3.26. The normalized spacial score (nSPS) is 22.3. The van der Waals surface area contributed by atoms with Crippen LogP contribution in [0.15, 0.2) is 34.2 Å². The van der Waals surface area contributed by atoms with Crippen molar-refractivity contribution in [2.24, 2.45) is 0 Å². The van der Waals surface area contributed by atoms with Crippen LogP contribution < -0.4 is 16.4 Å². The lowest BCUT2D eigenvalue weighted by molar-refractivity contribution is -0.125. The van der Waals surface area contributed by atoms with Gasteiger partial charge in [0.05, 0.1) is 31.4 Å². The molecule has 0 spiro atoms. The topological polar surface area (TPSA) is 123 Å². The molecule has 10 nitrogen and oxygen atoms in total. The van der Waals surface area contributed by atoms with E-state index in [1.54, 1.807) is 17.9 Å². The highest BCUT2D eigenvalue weighted by atomic mass is 19.3. The van der Waals surface area contributed by atoms with Crippen LogP contribution in [-0.4, -0.2) is 82.0 Å². The number of carbonyl (C=O) groups is 1. The Morgan fingerprint density at radius 2 is 2.03 bits per heavy atom. The van der Waals surface area contributed by atoms with Crippen molar-refractivity contribution < 1.29 is 18.3 Å². The molecule has 4 heterocycles. The van der Waals surface area contributed by atoms with Gasteiger partial charge in [-0.25, -0.2) is 13.8 Å². The number of nitrogens with one attached hydrogen (secondary N) is 3. The number of amides is 1. The molecule has 34 heavy (non-hydrogen) atoms. The molecule has 0 unspecified atom stereocenters. The molecule has 0 radical (unpaired) electrons. The lowest BCUT2D eigenvalue weighted by atomic mass is 9.86. The van der Waals surface area contributed by atoms with Crippen LogP contribution in [0.4, 0.5) is 14.6 Å². The molecule has 0 bridgehead atoms. The number of halogens is 2. The van der Waals surface area contributed by atoms with Crippen molar-refractivity contribution in [3.05, 3.63) is 56.5 Å². The van der Waals surface area contributed by atoms with Crippen molar-refractivity contribution in [3.63, 3.8) is 0 Å². The van der Waals surface area contributed by atoms with Gasteiger partial charge in [0.15, 0.2) is 0 Å². The summed E-state index contributed by atoms with van der Waals surface area (Å²) in [4.78, 5) is 48.8. The van der Waals surface area contributed by atoms with E-state index in [-0.39, 0.29) is 24.5 Å². The highest BCUT2D eigenvalue weighted by Crippen LogP contribution is 2.40. The van der Waals surface area contributed by atoms with Gasteiger partial charge in [0.1, 0.15) is 5.82 Å². The lowest BCUT2D eigenvalue weighted by Gasteiger charge is -2.40. The maximum absolute atomic E-state index is 15.0. The Hall–Kier alpha value is -2.96. The molecule has 2 aromatic heterocycles. The fourth-order valence-corrected chi connectivity index (χ4v) is 4.30. The molecule has 2 fully saturated rings. The lowest BCUT2D eigenvalue weighted by Crippen LogP contribution is -2.52. The van der Waals surface area contributed by atoms with Crippen LogP contribution in [-0.2, 0) is 16.1 Å². The number of aromatic nitrogens is 3. The van der Waals surface area contributed by atoms with Crippen LogP contribution in [0.2, 0.25) is 0 Å². The predicted molar refractivity (Wildman–Crippen MR) is 120 cm³/mol. The van der Waals surface area contributed by atoms with Gasteiger partial charge in [-0.1, -0.05) is 0 Å². The van der Waals surface area contributed by atoms with E-state index in [1.807, 2.05) is 0 Å². The van der Waals surface area contributed by atoms with Gasteiger partial charge in [0.2, 0.25) is 5.91 Å². The minimum Gasteiger partial charge on any atom is -0.379 e. The Balaban J connectivity index is 1.49. The Morgan fingerprint density at radius 1 is 1.26 bits per heavy atom. The van der Waals surface area contributed by atoms with Crippen molar-refractivity contribution in [2.45, 2.75) is 37.8 Å². The first-order valence-electron chi connectivity index (χ1n) is 11.2. The molecule has 0 saturated carbocycles. The van der Waals surface area contributed by atoms with E-state index in [0.717, 1.165) is 6.20 Å². The molecule has 184 valence electrons. The molecule has 2 saturated heterocycles. The maximum Gasteiger partial charge on any atom is 0.266 e. The molecule has 0 aromatic carbocycles. The molecule has 2 aliphatic rings. The number of ether oxygens (including phenoxy) is 1. The monoisotopic (exact) mass is 478 g/mol. The van der Waals surface area contributed by atoms with Gasteiger partial charge < -0.3 is 20.0 Å². The van der Waals surface area contributed by atoms with Gasteiger partial charge in [0, 0.05) is 57.1 Å². The number of likely N-dealkylation sites (tertiary alicyclic amines) is 1. The number of carbonyl (C=O) groups excluding carboxylic acids is 1. The van der Waals surface area contributed by atoms with E-state index in [4.69, 9.17) is 4.74 Å². The van der Waals surface area contributed by atoms with Gasteiger partial charge in [0.25, 0.3) is 17.0 Å². The maximum atomic E-state index is 15.0. The van der Waals surface area contributed by atoms with E-state index in [0.29, 0.717) is 44.0 Å². The third-order valence-electron chi connectivity index (χ3n) is 6.41. The molecule has 2 aromatic rings. The minimum absolute atomic E-state index is 0.0428. The number of alkyl halides is 2. The van der Waals surface area contributed by atoms with Crippen molar-refractivity contribution in [3.8, 4) is 0 Å². The second-order valence-electron chi connectivity index (χ2n) is 8.70. The number of H-pyrrole nitrogens is 2. The molecule has 3 N–H and O–H groups in total. The number of nitrogens with zero attached hydrogens (tertiary/aromatic N) is 3. The number of aromatic amines is 2. The molecule has 4 rings (SSSR count). The first-order valence-corrected chi connectivity index (χ1v) is 11.2. The van der Waals surface area contributed by atoms with Crippen LogP contribution in [0.5, 0.6) is 0 Å². The average molecular weight is 479 g/mol. The second kappa shape index (κ2) is 10.1. The SMILES string of the molecule is C[C@@H](C(=O)Nc1c[nH]c(=O)cn1)N1CCC(F)(F)[C@@H](c2c[nH]c(=O)c(CN3CCOCC3)c2)C1. The zero-order chi connectivity index (χ0) is 24.3. The van der Waals surface area contributed by atoms with E-state index in [9.17, 15) is 23.2 Å². The van der Waals surface area contributed by atoms with Crippen LogP contribution in [0.25, 0.3) is 0 Å². The van der Waals surface area contributed by atoms with E-state index in [2.05, 4.69) is 25.2 Å². The summed E-state index contributed by atoms with van der Waals surface area (Å²) in [5, 5.41) is 2.59. The summed E-state index contributed by atoms with van der Waals surface area (Å²) in [5.74, 6) is -4.41. The van der Waals surface area contributed by atoms with Crippen molar-refractivity contribution in [2.75, 3.05) is 44.7 Å². The summed E-state index contributed by atoms with van der Waals surface area (Å²) >= 11 is 0. The van der Waals surface area contributed by atoms with E-state index in [1.165, 1.54) is 12.4 Å². The van der Waals surface area contributed by atoms with Gasteiger partial charge in [-0.05, 0) is 18.6 Å². The Morgan fingerprint density at radius 3 is 2.74 bits per heavy atom. The first kappa shape index (κ1) is 24.2. The first-order chi connectivity index (χ1) is 16.2. The quantitative estimate of drug-likeness (QED) is 0.560. The van der Waals surface area contributed by atoms with Gasteiger partial charge in [-0.15, -0.1) is 0 Å². The molecular weight excluding hydrogens is 450 g/mol. The van der Waals surface area contributed by atoms with Crippen LogP contribution in [0.1, 0.15) is 30.4 Å². The standard InChI is InChI=1S/C22H28F2N6O4/c1-14(20(32)28-18-10-26-19(31)11-25-18)30-3-2-22(23,24)17(13-30)15-8-16(21(33)27-9-15)12-29-4-6-34-7-5-29/h8-11,14,17H,2-7,12-13H2,1H3,(H,26,31)(H,27,33)(H,25,28,32)/t14-,17+/m0/s1. The van der Waals surface area contributed by atoms with E-state index >= 15 is 0 Å². The summed E-state index contributed by atoms with van der Waals surface area (Å²) in [6, 6.07) is 0.855. The van der Waals surface area contributed by atoms with Gasteiger partial charge in [-0.3, -0.25) is 24.2 Å². The summed E-state index contributed by atoms with van der Waals surface area (Å²) in [6.45, 7) is 4.48. The Kier molecular flexibility index (Phi) is 7.19. The molecule has 2 aliphatic heterocycles. The largest absolute Gasteiger partial charge is 0.379 e. The Labute approximate surface area is 194 Å².